The van der Waals surface area contributed by atoms with E-state index in [1.807, 2.05) is 13.8 Å². The molecule has 7 heteroatoms. The Labute approximate surface area is 117 Å². The van der Waals surface area contributed by atoms with E-state index in [0.717, 1.165) is 19.4 Å². The molecule has 1 heterocycles. The van der Waals surface area contributed by atoms with Gasteiger partial charge < -0.3 is 21.5 Å². The molecule has 0 aliphatic rings. The van der Waals surface area contributed by atoms with E-state index in [9.17, 15) is 4.79 Å². The SMILES string of the molecule is CCNc1nc(N)c(C(=O)NCCCC(C)CO)s1. The molecule has 1 aromatic heterocycles. The highest BCUT2D eigenvalue weighted by Crippen LogP contribution is 2.24. The number of nitrogens with two attached hydrogens (primary N) is 1. The number of aromatic nitrogens is 1. The van der Waals surface area contributed by atoms with E-state index in [4.69, 9.17) is 10.8 Å². The first-order valence-corrected chi connectivity index (χ1v) is 7.29. The topological polar surface area (TPSA) is 100 Å². The Morgan fingerprint density at radius 2 is 2.32 bits per heavy atom. The number of rotatable bonds is 8. The van der Waals surface area contributed by atoms with Gasteiger partial charge in [0.25, 0.3) is 5.91 Å². The van der Waals surface area contributed by atoms with E-state index < -0.39 is 0 Å². The van der Waals surface area contributed by atoms with Crippen LogP contribution in [0.3, 0.4) is 0 Å². The summed E-state index contributed by atoms with van der Waals surface area (Å²) < 4.78 is 0. The van der Waals surface area contributed by atoms with Gasteiger partial charge in [0.05, 0.1) is 0 Å². The fourth-order valence-corrected chi connectivity index (χ4v) is 2.41. The van der Waals surface area contributed by atoms with Gasteiger partial charge in [-0.15, -0.1) is 0 Å². The van der Waals surface area contributed by atoms with Crippen LogP contribution in [-0.2, 0) is 0 Å². The van der Waals surface area contributed by atoms with Crippen molar-refractivity contribution in [2.45, 2.75) is 26.7 Å². The third kappa shape index (κ3) is 5.04. The van der Waals surface area contributed by atoms with Crippen molar-refractivity contribution in [2.75, 3.05) is 30.7 Å². The molecule has 0 aliphatic heterocycles. The number of nitrogen functional groups attached to an aromatic ring is 1. The molecule has 1 unspecified atom stereocenters. The minimum absolute atomic E-state index is 0.182. The van der Waals surface area contributed by atoms with Crippen molar-refractivity contribution in [2.24, 2.45) is 5.92 Å². The Kier molecular flexibility index (Phi) is 6.58. The summed E-state index contributed by atoms with van der Waals surface area (Å²) in [4.78, 5) is 16.4. The number of aliphatic hydroxyl groups is 1. The van der Waals surface area contributed by atoms with Gasteiger partial charge in [0, 0.05) is 19.7 Å². The van der Waals surface area contributed by atoms with Crippen molar-refractivity contribution < 1.29 is 9.90 Å². The number of aliphatic hydroxyl groups excluding tert-OH is 1. The van der Waals surface area contributed by atoms with E-state index in [0.29, 0.717) is 16.6 Å². The summed E-state index contributed by atoms with van der Waals surface area (Å²) in [5.74, 6) is 0.351. The van der Waals surface area contributed by atoms with Crippen molar-refractivity contribution in [3.63, 3.8) is 0 Å². The summed E-state index contributed by atoms with van der Waals surface area (Å²) in [7, 11) is 0. The zero-order valence-electron chi connectivity index (χ0n) is 11.4. The Bertz CT molecular complexity index is 408. The predicted molar refractivity (Wildman–Crippen MR) is 78.5 cm³/mol. The molecule has 0 spiro atoms. The molecule has 19 heavy (non-hydrogen) atoms. The largest absolute Gasteiger partial charge is 0.396 e. The maximum Gasteiger partial charge on any atom is 0.265 e. The number of nitrogens with zero attached hydrogens (tertiary/aromatic N) is 1. The molecule has 1 amide bonds. The highest BCUT2D eigenvalue weighted by molar-refractivity contribution is 7.18. The Hall–Kier alpha value is -1.34. The standard InChI is InChI=1S/C12H22N4O2S/c1-3-14-12-16-10(13)9(19-12)11(18)15-6-4-5-8(2)7-17/h8,17H,3-7,13H2,1-2H3,(H,14,16)(H,15,18). The van der Waals surface area contributed by atoms with Crippen LogP contribution < -0.4 is 16.4 Å². The van der Waals surface area contributed by atoms with Gasteiger partial charge in [-0.3, -0.25) is 4.79 Å². The van der Waals surface area contributed by atoms with Gasteiger partial charge in [0.1, 0.15) is 10.7 Å². The molecule has 0 fully saturated rings. The second-order valence-electron chi connectivity index (χ2n) is 4.45. The van der Waals surface area contributed by atoms with Gasteiger partial charge in [0.2, 0.25) is 0 Å². The first-order chi connectivity index (χ1) is 9.08. The van der Waals surface area contributed by atoms with Crippen LogP contribution in [0, 0.1) is 5.92 Å². The van der Waals surface area contributed by atoms with Crippen LogP contribution in [0.2, 0.25) is 0 Å². The van der Waals surface area contributed by atoms with E-state index >= 15 is 0 Å². The maximum absolute atomic E-state index is 11.9. The van der Waals surface area contributed by atoms with E-state index in [-0.39, 0.29) is 24.2 Å². The molecule has 6 nitrogen and oxygen atoms in total. The number of hydrogen-bond acceptors (Lipinski definition) is 6. The second-order valence-corrected chi connectivity index (χ2v) is 5.45. The molecule has 0 saturated heterocycles. The van der Waals surface area contributed by atoms with Crippen molar-refractivity contribution in [1.82, 2.24) is 10.3 Å². The number of thiazole rings is 1. The summed E-state index contributed by atoms with van der Waals surface area (Å²) in [6.07, 6.45) is 1.73. The highest BCUT2D eigenvalue weighted by atomic mass is 32.1. The molecule has 0 bridgehead atoms. The van der Waals surface area contributed by atoms with Gasteiger partial charge in [-0.25, -0.2) is 4.98 Å². The summed E-state index contributed by atoms with van der Waals surface area (Å²) in [6.45, 7) is 5.44. The van der Waals surface area contributed by atoms with Gasteiger partial charge in [-0.2, -0.15) is 0 Å². The van der Waals surface area contributed by atoms with Crippen LogP contribution in [0.15, 0.2) is 0 Å². The quantitative estimate of drug-likeness (QED) is 0.540. The monoisotopic (exact) mass is 286 g/mol. The van der Waals surface area contributed by atoms with Gasteiger partial charge in [-0.1, -0.05) is 18.3 Å². The minimum Gasteiger partial charge on any atom is -0.396 e. The molecule has 0 aromatic carbocycles. The second kappa shape index (κ2) is 7.96. The molecule has 108 valence electrons. The molecule has 5 N–H and O–H groups in total. The maximum atomic E-state index is 11.9. The summed E-state index contributed by atoms with van der Waals surface area (Å²) in [5.41, 5.74) is 5.71. The van der Waals surface area contributed by atoms with Crippen molar-refractivity contribution in [3.8, 4) is 0 Å². The third-order valence-corrected chi connectivity index (χ3v) is 3.69. The lowest BCUT2D eigenvalue weighted by atomic mass is 10.1. The summed E-state index contributed by atoms with van der Waals surface area (Å²) in [6, 6.07) is 0. The van der Waals surface area contributed by atoms with Crippen LogP contribution in [0.5, 0.6) is 0 Å². The number of nitrogens with one attached hydrogen (secondary N) is 2. The molecule has 0 radical (unpaired) electrons. The third-order valence-electron chi connectivity index (χ3n) is 2.66. The van der Waals surface area contributed by atoms with E-state index in [1.54, 1.807) is 0 Å². The van der Waals surface area contributed by atoms with Crippen LogP contribution in [0.25, 0.3) is 0 Å². The number of carbonyl (C=O) groups excluding carboxylic acids is 1. The molecule has 1 aromatic rings. The number of amides is 1. The zero-order chi connectivity index (χ0) is 14.3. The number of anilines is 2. The Balaban J connectivity index is 2.40. The molecule has 1 atom stereocenters. The Morgan fingerprint density at radius 1 is 1.58 bits per heavy atom. The van der Waals surface area contributed by atoms with Crippen LogP contribution >= 0.6 is 11.3 Å². The predicted octanol–water partition coefficient (Wildman–Crippen LogP) is 1.30. The van der Waals surface area contributed by atoms with Crippen LogP contribution in [0.4, 0.5) is 10.9 Å². The number of carbonyl (C=O) groups is 1. The van der Waals surface area contributed by atoms with Crippen LogP contribution in [0.1, 0.15) is 36.4 Å². The fourth-order valence-electron chi connectivity index (χ4n) is 1.55. The smallest absolute Gasteiger partial charge is 0.265 e. The van der Waals surface area contributed by atoms with Gasteiger partial charge >= 0.3 is 0 Å². The lowest BCUT2D eigenvalue weighted by molar-refractivity contribution is 0.0957. The van der Waals surface area contributed by atoms with Crippen molar-refractivity contribution in [1.29, 1.82) is 0 Å². The van der Waals surface area contributed by atoms with Gasteiger partial charge in [0.15, 0.2) is 5.13 Å². The first kappa shape index (κ1) is 15.7. The average Bonchev–Trinajstić information content (AvgIpc) is 2.75. The molecule has 0 saturated carbocycles. The zero-order valence-corrected chi connectivity index (χ0v) is 12.2. The van der Waals surface area contributed by atoms with Crippen molar-refractivity contribution in [3.05, 3.63) is 4.88 Å². The molecular formula is C12H22N4O2S. The highest BCUT2D eigenvalue weighted by Gasteiger charge is 2.15. The first-order valence-electron chi connectivity index (χ1n) is 6.47. The lowest BCUT2D eigenvalue weighted by Gasteiger charge is -2.07. The minimum atomic E-state index is -0.184. The normalized spacial score (nSPS) is 12.2. The summed E-state index contributed by atoms with van der Waals surface area (Å²) >= 11 is 1.26. The molecule has 0 aliphatic carbocycles. The Morgan fingerprint density at radius 3 is 2.95 bits per heavy atom. The molecular weight excluding hydrogens is 264 g/mol. The van der Waals surface area contributed by atoms with Crippen molar-refractivity contribution >= 4 is 28.2 Å². The fraction of sp³-hybridized carbons (Fsp3) is 0.667. The van der Waals surface area contributed by atoms with E-state index in [2.05, 4.69) is 15.6 Å². The van der Waals surface area contributed by atoms with Crippen LogP contribution in [-0.4, -0.2) is 35.7 Å². The summed E-state index contributed by atoms with van der Waals surface area (Å²) in [5, 5.41) is 15.4. The molecule has 1 rings (SSSR count). The van der Waals surface area contributed by atoms with E-state index in [1.165, 1.54) is 11.3 Å². The lowest BCUT2D eigenvalue weighted by Crippen LogP contribution is -2.24. The van der Waals surface area contributed by atoms with Gasteiger partial charge in [-0.05, 0) is 25.7 Å². The number of hydrogen-bond donors (Lipinski definition) is 4. The average molecular weight is 286 g/mol.